The van der Waals surface area contributed by atoms with Crippen LogP contribution in [0, 0.1) is 0 Å². The van der Waals surface area contributed by atoms with E-state index in [2.05, 4.69) is 10.3 Å². The molecule has 3 N–H and O–H groups in total. The van der Waals surface area contributed by atoms with Crippen molar-refractivity contribution in [1.82, 2.24) is 4.98 Å². The van der Waals surface area contributed by atoms with Crippen molar-refractivity contribution >= 4 is 17.8 Å². The summed E-state index contributed by atoms with van der Waals surface area (Å²) in [6, 6.07) is 2.98. The lowest BCUT2D eigenvalue weighted by atomic mass is 10.3. The minimum absolute atomic E-state index is 0.362. The molecule has 0 spiro atoms. The number of nitrogens with two attached hydrogens (primary N) is 1. The van der Waals surface area contributed by atoms with Crippen LogP contribution in [0.4, 0.5) is 11.5 Å². The van der Waals surface area contributed by atoms with Crippen molar-refractivity contribution in [2.45, 2.75) is 13.0 Å². The molecule has 0 unspecified atom stereocenters. The first kappa shape index (κ1) is 8.52. The molecular formula is C8H10N3O. The van der Waals surface area contributed by atoms with Crippen LogP contribution >= 0.6 is 0 Å². The third kappa shape index (κ3) is 2.23. The van der Waals surface area contributed by atoms with Crippen molar-refractivity contribution in [3.05, 3.63) is 18.3 Å². The SMILES string of the molecule is C[C@@H]([C]=O)Nc1cc(N)ccn1. The molecule has 0 bridgehead atoms. The van der Waals surface area contributed by atoms with Crippen molar-refractivity contribution < 1.29 is 4.79 Å². The summed E-state index contributed by atoms with van der Waals surface area (Å²) in [6.07, 6.45) is 3.37. The van der Waals surface area contributed by atoms with Crippen LogP contribution in [-0.4, -0.2) is 17.3 Å². The second-order valence-electron chi connectivity index (χ2n) is 2.46. The summed E-state index contributed by atoms with van der Waals surface area (Å²) in [5, 5.41) is 2.82. The molecule has 0 saturated carbocycles. The lowest BCUT2D eigenvalue weighted by Crippen LogP contribution is -2.16. The predicted octanol–water partition coefficient (Wildman–Crippen LogP) is 0.574. The third-order valence-electron chi connectivity index (χ3n) is 1.33. The molecule has 0 aliphatic rings. The number of aromatic nitrogens is 1. The molecule has 12 heavy (non-hydrogen) atoms. The van der Waals surface area contributed by atoms with E-state index in [1.54, 1.807) is 31.5 Å². The zero-order valence-electron chi connectivity index (χ0n) is 6.74. The average molecular weight is 164 g/mol. The van der Waals surface area contributed by atoms with Gasteiger partial charge in [-0.05, 0) is 13.0 Å². The van der Waals surface area contributed by atoms with Crippen molar-refractivity contribution in [2.75, 3.05) is 11.1 Å². The van der Waals surface area contributed by atoms with Gasteiger partial charge in [-0.25, -0.2) is 4.98 Å². The smallest absolute Gasteiger partial charge is 0.222 e. The number of rotatable bonds is 3. The van der Waals surface area contributed by atoms with Crippen LogP contribution in [0.15, 0.2) is 18.3 Å². The first-order chi connectivity index (χ1) is 5.72. The van der Waals surface area contributed by atoms with Crippen molar-refractivity contribution in [2.24, 2.45) is 0 Å². The van der Waals surface area contributed by atoms with Gasteiger partial charge in [0, 0.05) is 18.0 Å². The van der Waals surface area contributed by atoms with Gasteiger partial charge in [0.15, 0.2) is 0 Å². The maximum absolute atomic E-state index is 10.1. The molecule has 1 radical (unpaired) electrons. The topological polar surface area (TPSA) is 68.0 Å². The van der Waals surface area contributed by atoms with E-state index in [0.29, 0.717) is 11.5 Å². The molecule has 1 rings (SSSR count). The predicted molar refractivity (Wildman–Crippen MR) is 47.4 cm³/mol. The van der Waals surface area contributed by atoms with Crippen LogP contribution < -0.4 is 11.1 Å². The van der Waals surface area contributed by atoms with Crippen LogP contribution in [0.5, 0.6) is 0 Å². The van der Waals surface area contributed by atoms with Crippen LogP contribution in [-0.2, 0) is 4.79 Å². The lowest BCUT2D eigenvalue weighted by Gasteiger charge is -2.06. The van der Waals surface area contributed by atoms with E-state index in [9.17, 15) is 4.79 Å². The second-order valence-corrected chi connectivity index (χ2v) is 2.46. The van der Waals surface area contributed by atoms with E-state index in [1.807, 2.05) is 0 Å². The number of nitrogen functional groups attached to an aromatic ring is 1. The molecule has 0 saturated heterocycles. The summed E-state index contributed by atoms with van der Waals surface area (Å²) in [5.74, 6) is 0.589. The van der Waals surface area contributed by atoms with Gasteiger partial charge >= 0.3 is 0 Å². The Hall–Kier alpha value is -1.58. The molecular weight excluding hydrogens is 154 g/mol. The lowest BCUT2D eigenvalue weighted by molar-refractivity contribution is 0.548. The second kappa shape index (κ2) is 3.71. The number of carbonyl (C=O) groups excluding carboxylic acids is 1. The van der Waals surface area contributed by atoms with Gasteiger partial charge in [0.25, 0.3) is 0 Å². The highest BCUT2D eigenvalue weighted by Crippen LogP contribution is 2.08. The zero-order valence-corrected chi connectivity index (χ0v) is 6.74. The molecule has 0 aliphatic carbocycles. The van der Waals surface area contributed by atoms with Crippen molar-refractivity contribution in [3.8, 4) is 0 Å². The number of nitrogens with one attached hydrogen (secondary N) is 1. The molecule has 0 aliphatic heterocycles. The largest absolute Gasteiger partial charge is 0.399 e. The molecule has 4 nitrogen and oxygen atoms in total. The number of hydrogen-bond donors (Lipinski definition) is 2. The van der Waals surface area contributed by atoms with E-state index < -0.39 is 0 Å². The molecule has 0 fully saturated rings. The van der Waals surface area contributed by atoms with Gasteiger partial charge in [-0.3, -0.25) is 4.79 Å². The fourth-order valence-corrected chi connectivity index (χ4v) is 0.777. The van der Waals surface area contributed by atoms with Crippen molar-refractivity contribution in [3.63, 3.8) is 0 Å². The average Bonchev–Trinajstić information content (AvgIpc) is 2.04. The summed E-state index contributed by atoms with van der Waals surface area (Å²) >= 11 is 0. The van der Waals surface area contributed by atoms with Gasteiger partial charge in [0.05, 0.1) is 6.04 Å². The van der Waals surface area contributed by atoms with E-state index in [-0.39, 0.29) is 6.04 Å². The summed E-state index contributed by atoms with van der Waals surface area (Å²) < 4.78 is 0. The minimum atomic E-state index is -0.362. The molecule has 0 aromatic carbocycles. The normalized spacial score (nSPS) is 12.1. The number of nitrogens with zero attached hydrogens (tertiary/aromatic N) is 1. The number of hydrogen-bond acceptors (Lipinski definition) is 4. The maximum Gasteiger partial charge on any atom is 0.222 e. The Labute approximate surface area is 70.8 Å². The Kier molecular flexibility index (Phi) is 2.63. The van der Waals surface area contributed by atoms with E-state index in [0.717, 1.165) is 0 Å². The minimum Gasteiger partial charge on any atom is -0.399 e. The Morgan fingerprint density at radius 2 is 2.50 bits per heavy atom. The van der Waals surface area contributed by atoms with Crippen LogP contribution in [0.1, 0.15) is 6.92 Å². The zero-order chi connectivity index (χ0) is 8.97. The van der Waals surface area contributed by atoms with Gasteiger partial charge in [0.1, 0.15) is 5.82 Å². The fraction of sp³-hybridized carbons (Fsp3) is 0.250. The monoisotopic (exact) mass is 164 g/mol. The Balaban J connectivity index is 2.69. The maximum atomic E-state index is 10.1. The van der Waals surface area contributed by atoms with Crippen LogP contribution in [0.2, 0.25) is 0 Å². The van der Waals surface area contributed by atoms with Crippen molar-refractivity contribution in [1.29, 1.82) is 0 Å². The summed E-state index contributed by atoms with van der Waals surface area (Å²) in [5.41, 5.74) is 6.11. The summed E-state index contributed by atoms with van der Waals surface area (Å²) in [4.78, 5) is 14.1. The summed E-state index contributed by atoms with van der Waals surface area (Å²) in [7, 11) is 0. The molecule has 1 atom stereocenters. The van der Waals surface area contributed by atoms with Crippen LogP contribution in [0.25, 0.3) is 0 Å². The quantitative estimate of drug-likeness (QED) is 0.685. The molecule has 1 heterocycles. The van der Waals surface area contributed by atoms with Gasteiger partial charge < -0.3 is 11.1 Å². The fourth-order valence-electron chi connectivity index (χ4n) is 0.777. The van der Waals surface area contributed by atoms with Crippen LogP contribution in [0.3, 0.4) is 0 Å². The molecule has 1 aromatic heterocycles. The highest BCUT2D eigenvalue weighted by Gasteiger charge is 2.00. The van der Waals surface area contributed by atoms with Gasteiger partial charge in [-0.15, -0.1) is 0 Å². The van der Waals surface area contributed by atoms with E-state index >= 15 is 0 Å². The number of pyridine rings is 1. The van der Waals surface area contributed by atoms with E-state index in [4.69, 9.17) is 5.73 Å². The molecule has 0 amide bonds. The van der Waals surface area contributed by atoms with Gasteiger partial charge in [0.2, 0.25) is 6.29 Å². The van der Waals surface area contributed by atoms with Gasteiger partial charge in [-0.1, -0.05) is 0 Å². The Morgan fingerprint density at radius 3 is 3.08 bits per heavy atom. The first-order valence-corrected chi connectivity index (χ1v) is 3.58. The summed E-state index contributed by atoms with van der Waals surface area (Å²) in [6.45, 7) is 1.69. The Bertz CT molecular complexity index is 275. The highest BCUT2D eigenvalue weighted by molar-refractivity contribution is 5.64. The van der Waals surface area contributed by atoms with E-state index in [1.165, 1.54) is 0 Å². The third-order valence-corrected chi connectivity index (χ3v) is 1.33. The molecule has 4 heteroatoms. The standard InChI is InChI=1S/C8H10N3O/c1-6(5-12)11-8-4-7(9)2-3-10-8/h2-4,6H,1H3,(H3,9,10,11)/t6-/m0/s1. The number of anilines is 2. The van der Waals surface area contributed by atoms with Gasteiger partial charge in [-0.2, -0.15) is 0 Å². The first-order valence-electron chi connectivity index (χ1n) is 3.58. The Morgan fingerprint density at radius 1 is 1.75 bits per heavy atom. The highest BCUT2D eigenvalue weighted by atomic mass is 16.1. The molecule has 1 aromatic rings. The molecule has 63 valence electrons.